The van der Waals surface area contributed by atoms with E-state index in [-0.39, 0.29) is 24.5 Å². The molecule has 6 nitrogen and oxygen atoms in total. The zero-order valence-corrected chi connectivity index (χ0v) is 15.7. The monoisotopic (exact) mass is 360 g/mol. The number of carbonyl (C=O) groups is 2. The maximum atomic E-state index is 13.0. The molecule has 6 heteroatoms. The lowest BCUT2D eigenvalue weighted by Gasteiger charge is -2.43. The van der Waals surface area contributed by atoms with Crippen molar-refractivity contribution in [1.29, 1.82) is 0 Å². The van der Waals surface area contributed by atoms with Crippen LogP contribution in [0.2, 0.25) is 0 Å². The topological polar surface area (TPSA) is 78.9 Å². The standard InChI is InChI=1S/C20H28N2O4/c1-14-9-19(2,3)13-20(10-14)17(24)22(18(25)21-20)11-15(23)12-26-16-7-5-4-6-8-16/h4-8,14-15,23H,9-13H2,1-3H3,(H,21,25)/t14-,15+,20+/m1/s1. The SMILES string of the molecule is C[C@@H]1CC(C)(C)C[C@]2(C1)NC(=O)N(C[C@H](O)COc1ccccc1)C2=O. The van der Waals surface area contributed by atoms with Gasteiger partial charge in [0.05, 0.1) is 6.54 Å². The van der Waals surface area contributed by atoms with E-state index < -0.39 is 17.7 Å². The number of carbonyl (C=O) groups excluding carboxylic acids is 2. The molecule has 1 aromatic rings. The smallest absolute Gasteiger partial charge is 0.325 e. The third kappa shape index (κ3) is 3.85. The lowest BCUT2D eigenvalue weighted by atomic mass is 9.64. The van der Waals surface area contributed by atoms with Crippen LogP contribution in [0.1, 0.15) is 40.0 Å². The molecule has 142 valence electrons. The van der Waals surface area contributed by atoms with E-state index in [1.165, 1.54) is 0 Å². The third-order valence-electron chi connectivity index (χ3n) is 5.20. The molecule has 0 bridgehead atoms. The second-order valence-electron chi connectivity index (χ2n) is 8.56. The predicted octanol–water partition coefficient (Wildman–Crippen LogP) is 2.56. The highest BCUT2D eigenvalue weighted by molar-refractivity contribution is 6.07. The number of aliphatic hydroxyl groups is 1. The van der Waals surface area contributed by atoms with Crippen LogP contribution >= 0.6 is 0 Å². The number of nitrogens with zero attached hydrogens (tertiary/aromatic N) is 1. The minimum absolute atomic E-state index is 0.00828. The lowest BCUT2D eigenvalue weighted by molar-refractivity contribution is -0.135. The van der Waals surface area contributed by atoms with E-state index >= 15 is 0 Å². The minimum Gasteiger partial charge on any atom is -0.491 e. The molecule has 1 aliphatic heterocycles. The van der Waals surface area contributed by atoms with Gasteiger partial charge in [0.2, 0.25) is 0 Å². The van der Waals surface area contributed by atoms with Crippen molar-refractivity contribution in [3.05, 3.63) is 30.3 Å². The van der Waals surface area contributed by atoms with Crippen molar-refractivity contribution in [3.8, 4) is 5.75 Å². The fourth-order valence-electron chi connectivity index (χ4n) is 4.64. The van der Waals surface area contributed by atoms with E-state index in [9.17, 15) is 14.7 Å². The molecular formula is C20H28N2O4. The van der Waals surface area contributed by atoms with Crippen LogP contribution in [-0.2, 0) is 4.79 Å². The average Bonchev–Trinajstić information content (AvgIpc) is 2.75. The average molecular weight is 360 g/mol. The largest absolute Gasteiger partial charge is 0.491 e. The summed E-state index contributed by atoms with van der Waals surface area (Å²) in [5.74, 6) is 0.776. The Hall–Kier alpha value is -2.08. The fourth-order valence-corrected chi connectivity index (χ4v) is 4.64. The van der Waals surface area contributed by atoms with Crippen molar-refractivity contribution in [2.75, 3.05) is 13.2 Å². The minimum atomic E-state index is -0.936. The van der Waals surface area contributed by atoms with Crippen LogP contribution in [0.3, 0.4) is 0 Å². The van der Waals surface area contributed by atoms with E-state index in [1.54, 1.807) is 12.1 Å². The first-order valence-electron chi connectivity index (χ1n) is 9.21. The van der Waals surface area contributed by atoms with E-state index in [2.05, 4.69) is 26.1 Å². The second kappa shape index (κ2) is 6.91. The van der Waals surface area contributed by atoms with Gasteiger partial charge in [-0.2, -0.15) is 0 Å². The molecule has 3 atom stereocenters. The Morgan fingerprint density at radius 1 is 1.27 bits per heavy atom. The molecule has 0 radical (unpaired) electrons. The highest BCUT2D eigenvalue weighted by Crippen LogP contribution is 2.46. The molecule has 1 aliphatic carbocycles. The maximum Gasteiger partial charge on any atom is 0.325 e. The van der Waals surface area contributed by atoms with Crippen LogP contribution in [0, 0.1) is 11.3 Å². The Bertz CT molecular complexity index is 676. The summed E-state index contributed by atoms with van der Waals surface area (Å²) in [7, 11) is 0. The van der Waals surface area contributed by atoms with Crippen LogP contribution in [0.4, 0.5) is 4.79 Å². The van der Waals surface area contributed by atoms with E-state index in [4.69, 9.17) is 4.74 Å². The number of urea groups is 1. The summed E-state index contributed by atoms with van der Waals surface area (Å²) in [4.78, 5) is 26.6. The third-order valence-corrected chi connectivity index (χ3v) is 5.20. The summed E-state index contributed by atoms with van der Waals surface area (Å²) in [6, 6.07) is 8.73. The number of amides is 3. The predicted molar refractivity (Wildman–Crippen MR) is 97.7 cm³/mol. The van der Waals surface area contributed by atoms with Crippen molar-refractivity contribution in [2.24, 2.45) is 11.3 Å². The Kier molecular flexibility index (Phi) is 4.97. The molecule has 2 N–H and O–H groups in total. The van der Waals surface area contributed by atoms with Gasteiger partial charge in [-0.3, -0.25) is 9.69 Å². The first kappa shape index (κ1) is 18.7. The van der Waals surface area contributed by atoms with Crippen molar-refractivity contribution in [3.63, 3.8) is 0 Å². The Labute approximate surface area is 154 Å². The number of para-hydroxylation sites is 1. The number of hydrogen-bond acceptors (Lipinski definition) is 4. The number of imide groups is 1. The fraction of sp³-hybridized carbons (Fsp3) is 0.600. The molecule has 26 heavy (non-hydrogen) atoms. The quantitative estimate of drug-likeness (QED) is 0.791. The van der Waals surface area contributed by atoms with Gasteiger partial charge in [0.15, 0.2) is 0 Å². The summed E-state index contributed by atoms with van der Waals surface area (Å²) in [5, 5.41) is 13.2. The van der Waals surface area contributed by atoms with Crippen molar-refractivity contribution in [2.45, 2.75) is 51.7 Å². The number of hydrogen-bond donors (Lipinski definition) is 2. The molecule has 1 aromatic carbocycles. The molecule has 1 heterocycles. The highest BCUT2D eigenvalue weighted by atomic mass is 16.5. The number of ether oxygens (including phenoxy) is 1. The number of nitrogens with one attached hydrogen (secondary N) is 1. The van der Waals surface area contributed by atoms with Gasteiger partial charge in [0, 0.05) is 0 Å². The van der Waals surface area contributed by atoms with Gasteiger partial charge in [-0.15, -0.1) is 0 Å². The van der Waals surface area contributed by atoms with Crippen molar-refractivity contribution >= 4 is 11.9 Å². The molecule has 0 unspecified atom stereocenters. The van der Waals surface area contributed by atoms with Gasteiger partial charge >= 0.3 is 6.03 Å². The van der Waals surface area contributed by atoms with Gasteiger partial charge < -0.3 is 15.2 Å². The Balaban J connectivity index is 1.63. The molecule has 1 saturated heterocycles. The Morgan fingerprint density at radius 3 is 2.62 bits per heavy atom. The van der Waals surface area contributed by atoms with Gasteiger partial charge in [-0.05, 0) is 42.7 Å². The van der Waals surface area contributed by atoms with Crippen molar-refractivity contribution in [1.82, 2.24) is 10.2 Å². The van der Waals surface area contributed by atoms with Crippen LogP contribution in [0.25, 0.3) is 0 Å². The van der Waals surface area contributed by atoms with Gasteiger partial charge in [-0.1, -0.05) is 39.0 Å². The van der Waals surface area contributed by atoms with Crippen LogP contribution < -0.4 is 10.1 Å². The van der Waals surface area contributed by atoms with Crippen LogP contribution in [0.5, 0.6) is 5.75 Å². The Morgan fingerprint density at radius 2 is 1.96 bits per heavy atom. The zero-order valence-electron chi connectivity index (χ0n) is 15.7. The zero-order chi connectivity index (χ0) is 18.9. The van der Waals surface area contributed by atoms with E-state index in [1.807, 2.05) is 18.2 Å². The van der Waals surface area contributed by atoms with E-state index in [0.29, 0.717) is 24.5 Å². The molecule has 2 fully saturated rings. The number of rotatable bonds is 5. The summed E-state index contributed by atoms with van der Waals surface area (Å²) in [6.07, 6.45) is 1.37. The summed E-state index contributed by atoms with van der Waals surface area (Å²) in [5.41, 5.74) is -0.843. The molecular weight excluding hydrogens is 332 g/mol. The van der Waals surface area contributed by atoms with Crippen LogP contribution in [-0.4, -0.2) is 46.7 Å². The van der Waals surface area contributed by atoms with Gasteiger partial charge in [-0.25, -0.2) is 4.79 Å². The number of benzene rings is 1. The summed E-state index contributed by atoms with van der Waals surface area (Å²) >= 11 is 0. The van der Waals surface area contributed by atoms with Gasteiger partial charge in [0.25, 0.3) is 5.91 Å². The highest BCUT2D eigenvalue weighted by Gasteiger charge is 2.56. The lowest BCUT2D eigenvalue weighted by Crippen LogP contribution is -2.54. The first-order chi connectivity index (χ1) is 12.2. The molecule has 0 aromatic heterocycles. The molecule has 1 saturated carbocycles. The first-order valence-corrected chi connectivity index (χ1v) is 9.21. The molecule has 3 amide bonds. The second-order valence-corrected chi connectivity index (χ2v) is 8.56. The van der Waals surface area contributed by atoms with E-state index in [0.717, 1.165) is 11.3 Å². The van der Waals surface area contributed by atoms with Gasteiger partial charge in [0.1, 0.15) is 24.0 Å². The molecule has 2 aliphatic rings. The number of β-amino-alcohol motifs (C(OH)–C–C–N with tert-alkyl or cyclic N) is 1. The molecule has 1 spiro atoms. The van der Waals surface area contributed by atoms with Crippen LogP contribution in [0.15, 0.2) is 30.3 Å². The normalized spacial score (nSPS) is 28.9. The van der Waals surface area contributed by atoms with Crippen molar-refractivity contribution < 1.29 is 19.4 Å². The molecule has 3 rings (SSSR count). The number of aliphatic hydroxyl groups excluding tert-OH is 1. The summed E-state index contributed by atoms with van der Waals surface area (Å²) in [6.45, 7) is 6.35. The maximum absolute atomic E-state index is 13.0. The summed E-state index contributed by atoms with van der Waals surface area (Å²) < 4.78 is 5.52.